The highest BCUT2D eigenvalue weighted by Gasteiger charge is 2.05. The maximum Gasteiger partial charge on any atom is 0.0204 e. The Morgan fingerprint density at radius 3 is 3.12 bits per heavy atom. The summed E-state index contributed by atoms with van der Waals surface area (Å²) in [6.07, 6.45) is 6.95. The predicted octanol–water partition coefficient (Wildman–Crippen LogP) is 1.52. The first kappa shape index (κ1) is 5.67. The van der Waals surface area contributed by atoms with Crippen LogP contribution in [0.2, 0.25) is 0 Å². The third-order valence-electron chi connectivity index (χ3n) is 1.53. The summed E-state index contributed by atoms with van der Waals surface area (Å²) in [6, 6.07) is 0. The third kappa shape index (κ3) is 1.25. The third-order valence-corrected chi connectivity index (χ3v) is 1.53. The molecule has 0 aromatic rings. The maximum absolute atomic E-state index is 3.18. The molecule has 1 rings (SSSR count). The molecule has 0 spiro atoms. The molecular formula is C7H13N. The van der Waals surface area contributed by atoms with E-state index < -0.39 is 0 Å². The molecule has 0 aliphatic carbocycles. The van der Waals surface area contributed by atoms with Crippen LogP contribution in [-0.2, 0) is 0 Å². The molecule has 1 N–H and O–H groups in total. The summed E-state index contributed by atoms with van der Waals surface area (Å²) in [7, 11) is 0. The lowest BCUT2D eigenvalue weighted by Crippen LogP contribution is -2.07. The smallest absolute Gasteiger partial charge is 0.0204 e. The first-order valence-corrected chi connectivity index (χ1v) is 3.33. The number of hydrogen-bond donors (Lipinski definition) is 1. The van der Waals surface area contributed by atoms with Crippen LogP contribution >= 0.6 is 0 Å². The SMILES string of the molecule is CCC[C@H]1C=CNC1. The number of hydrogen-bond acceptors (Lipinski definition) is 1. The molecule has 1 heterocycles. The fourth-order valence-electron chi connectivity index (χ4n) is 1.06. The molecule has 1 nitrogen and oxygen atoms in total. The van der Waals surface area contributed by atoms with E-state index in [4.69, 9.17) is 0 Å². The fraction of sp³-hybridized carbons (Fsp3) is 0.714. The summed E-state index contributed by atoms with van der Waals surface area (Å²) in [5.74, 6) is 0.819. The summed E-state index contributed by atoms with van der Waals surface area (Å²) in [6.45, 7) is 3.39. The predicted molar refractivity (Wildman–Crippen MR) is 35.5 cm³/mol. The van der Waals surface area contributed by atoms with Crippen molar-refractivity contribution in [3.05, 3.63) is 12.3 Å². The molecule has 0 fully saturated rings. The Morgan fingerprint density at radius 2 is 2.62 bits per heavy atom. The Labute approximate surface area is 50.8 Å². The van der Waals surface area contributed by atoms with Crippen molar-refractivity contribution in [2.75, 3.05) is 6.54 Å². The minimum absolute atomic E-state index is 0.819. The second kappa shape index (κ2) is 2.75. The molecule has 0 aromatic carbocycles. The van der Waals surface area contributed by atoms with Gasteiger partial charge in [0.2, 0.25) is 0 Å². The van der Waals surface area contributed by atoms with Gasteiger partial charge in [-0.15, -0.1) is 0 Å². The Morgan fingerprint density at radius 1 is 1.75 bits per heavy atom. The second-order valence-electron chi connectivity index (χ2n) is 2.32. The second-order valence-corrected chi connectivity index (χ2v) is 2.32. The molecular weight excluding hydrogens is 98.1 g/mol. The van der Waals surface area contributed by atoms with Gasteiger partial charge in [-0.2, -0.15) is 0 Å². The highest BCUT2D eigenvalue weighted by molar-refractivity contribution is 4.94. The molecule has 0 aromatic heterocycles. The minimum atomic E-state index is 0.819. The Hall–Kier alpha value is -0.460. The highest BCUT2D eigenvalue weighted by Crippen LogP contribution is 2.09. The van der Waals surface area contributed by atoms with E-state index in [9.17, 15) is 0 Å². The lowest BCUT2D eigenvalue weighted by Gasteiger charge is -2.01. The van der Waals surface area contributed by atoms with E-state index in [1.165, 1.54) is 12.8 Å². The van der Waals surface area contributed by atoms with E-state index in [1.807, 2.05) is 0 Å². The first-order valence-electron chi connectivity index (χ1n) is 3.33. The van der Waals surface area contributed by atoms with Gasteiger partial charge in [0.1, 0.15) is 0 Å². The molecule has 0 unspecified atom stereocenters. The van der Waals surface area contributed by atoms with Crippen molar-refractivity contribution >= 4 is 0 Å². The Kier molecular flexibility index (Phi) is 1.95. The van der Waals surface area contributed by atoms with Crippen molar-refractivity contribution in [3.63, 3.8) is 0 Å². The van der Waals surface area contributed by atoms with Gasteiger partial charge in [0.25, 0.3) is 0 Å². The zero-order valence-corrected chi connectivity index (χ0v) is 5.35. The summed E-state index contributed by atoms with van der Waals surface area (Å²) < 4.78 is 0. The zero-order valence-electron chi connectivity index (χ0n) is 5.35. The average Bonchev–Trinajstić information content (AvgIpc) is 2.19. The maximum atomic E-state index is 3.18. The summed E-state index contributed by atoms with van der Waals surface area (Å²) in [4.78, 5) is 0. The van der Waals surface area contributed by atoms with Crippen LogP contribution in [0.5, 0.6) is 0 Å². The average molecular weight is 111 g/mol. The van der Waals surface area contributed by atoms with Gasteiger partial charge in [0.15, 0.2) is 0 Å². The van der Waals surface area contributed by atoms with Crippen LogP contribution in [0.4, 0.5) is 0 Å². The summed E-state index contributed by atoms with van der Waals surface area (Å²) in [5, 5.41) is 3.18. The van der Waals surface area contributed by atoms with Crippen molar-refractivity contribution < 1.29 is 0 Å². The van der Waals surface area contributed by atoms with Crippen LogP contribution in [-0.4, -0.2) is 6.54 Å². The topological polar surface area (TPSA) is 12.0 Å². The van der Waals surface area contributed by atoms with Gasteiger partial charge in [-0.05, 0) is 18.5 Å². The largest absolute Gasteiger partial charge is 0.391 e. The zero-order chi connectivity index (χ0) is 5.82. The first-order chi connectivity index (χ1) is 3.93. The van der Waals surface area contributed by atoms with Gasteiger partial charge in [-0.25, -0.2) is 0 Å². The van der Waals surface area contributed by atoms with Crippen LogP contribution in [0.3, 0.4) is 0 Å². The molecule has 8 heavy (non-hydrogen) atoms. The molecule has 1 heteroatoms. The van der Waals surface area contributed by atoms with Crippen molar-refractivity contribution in [1.82, 2.24) is 5.32 Å². The quantitative estimate of drug-likeness (QED) is 0.569. The minimum Gasteiger partial charge on any atom is -0.391 e. The molecule has 0 saturated heterocycles. The standard InChI is InChI=1S/C7H13N/c1-2-3-7-4-5-8-6-7/h4-5,7-8H,2-3,6H2,1H3/t7-/m0/s1. The van der Waals surface area contributed by atoms with Gasteiger partial charge in [0, 0.05) is 6.54 Å². The van der Waals surface area contributed by atoms with Gasteiger partial charge in [-0.3, -0.25) is 0 Å². The van der Waals surface area contributed by atoms with Crippen LogP contribution in [0, 0.1) is 5.92 Å². The Bertz CT molecular complexity index is 86.4. The van der Waals surface area contributed by atoms with Crippen LogP contribution < -0.4 is 5.32 Å². The van der Waals surface area contributed by atoms with Crippen molar-refractivity contribution in [2.24, 2.45) is 5.92 Å². The van der Waals surface area contributed by atoms with Gasteiger partial charge < -0.3 is 5.32 Å². The lowest BCUT2D eigenvalue weighted by molar-refractivity contribution is 0.589. The molecule has 0 radical (unpaired) electrons. The fourth-order valence-corrected chi connectivity index (χ4v) is 1.06. The lowest BCUT2D eigenvalue weighted by atomic mass is 10.1. The number of rotatable bonds is 2. The van der Waals surface area contributed by atoms with E-state index in [1.54, 1.807) is 0 Å². The Balaban J connectivity index is 2.16. The van der Waals surface area contributed by atoms with E-state index in [0.717, 1.165) is 12.5 Å². The van der Waals surface area contributed by atoms with Gasteiger partial charge in [-0.1, -0.05) is 19.4 Å². The molecule has 0 bridgehead atoms. The van der Waals surface area contributed by atoms with Crippen molar-refractivity contribution in [3.8, 4) is 0 Å². The molecule has 1 aliphatic heterocycles. The van der Waals surface area contributed by atoms with E-state index in [2.05, 4.69) is 24.5 Å². The van der Waals surface area contributed by atoms with E-state index >= 15 is 0 Å². The molecule has 46 valence electrons. The monoisotopic (exact) mass is 111 g/mol. The molecule has 1 aliphatic rings. The van der Waals surface area contributed by atoms with Gasteiger partial charge in [0.05, 0.1) is 0 Å². The van der Waals surface area contributed by atoms with Crippen LogP contribution in [0.1, 0.15) is 19.8 Å². The molecule has 0 amide bonds. The highest BCUT2D eigenvalue weighted by atomic mass is 14.9. The van der Waals surface area contributed by atoms with E-state index in [-0.39, 0.29) is 0 Å². The summed E-state index contributed by atoms with van der Waals surface area (Å²) in [5.41, 5.74) is 0. The van der Waals surface area contributed by atoms with E-state index in [0.29, 0.717) is 0 Å². The molecule has 0 saturated carbocycles. The number of nitrogens with one attached hydrogen (secondary N) is 1. The normalized spacial score (nSPS) is 25.9. The van der Waals surface area contributed by atoms with Gasteiger partial charge >= 0.3 is 0 Å². The summed E-state index contributed by atoms with van der Waals surface area (Å²) >= 11 is 0. The molecule has 1 atom stereocenters. The van der Waals surface area contributed by atoms with Crippen LogP contribution in [0.25, 0.3) is 0 Å². The van der Waals surface area contributed by atoms with Crippen molar-refractivity contribution in [1.29, 1.82) is 0 Å². The van der Waals surface area contributed by atoms with Crippen LogP contribution in [0.15, 0.2) is 12.3 Å². The van der Waals surface area contributed by atoms with Crippen molar-refractivity contribution in [2.45, 2.75) is 19.8 Å².